The highest BCUT2D eigenvalue weighted by atomic mass is 16.4. The lowest BCUT2D eigenvalue weighted by Crippen LogP contribution is -2.16. The third-order valence-electron chi connectivity index (χ3n) is 2.22. The number of benzene rings is 1. The Morgan fingerprint density at radius 2 is 2.07 bits per heavy atom. The van der Waals surface area contributed by atoms with E-state index < -0.39 is 0 Å². The van der Waals surface area contributed by atoms with Crippen LogP contribution in [0.1, 0.15) is 5.56 Å². The van der Waals surface area contributed by atoms with E-state index in [2.05, 4.69) is 4.98 Å². The minimum Gasteiger partial charge on any atom is -0.425 e. The number of para-hydroxylation sites is 1. The Morgan fingerprint density at radius 3 is 2.73 bits per heavy atom. The van der Waals surface area contributed by atoms with Crippen LogP contribution >= 0.6 is 0 Å². The topological polar surface area (TPSA) is 46.3 Å². The van der Waals surface area contributed by atoms with Crippen LogP contribution in [0, 0.1) is 6.92 Å². The van der Waals surface area contributed by atoms with E-state index >= 15 is 0 Å². The molecule has 2 rings (SSSR count). The largest absolute Gasteiger partial charge is 0.425 e. The molecule has 2 aromatic rings. The molecule has 1 aromatic heterocycles. The fourth-order valence-electron chi connectivity index (χ4n) is 1.41. The normalized spacial score (nSPS) is 10.6. The zero-order chi connectivity index (χ0) is 11.0. The lowest BCUT2D eigenvalue weighted by Gasteiger charge is -2.09. The molecule has 0 saturated carbocycles. The first-order chi connectivity index (χ1) is 7.09. The molecule has 15 heavy (non-hydrogen) atoms. The number of nitrogens with zero attached hydrogens (tertiary/aromatic N) is 2. The Hall–Kier alpha value is -1.84. The Bertz CT molecular complexity index is 558. The third-order valence-corrected chi connectivity index (χ3v) is 2.22. The van der Waals surface area contributed by atoms with Crippen LogP contribution in [0.5, 0.6) is 0 Å². The van der Waals surface area contributed by atoms with E-state index in [4.69, 9.17) is 4.42 Å². The molecule has 0 atom stereocenters. The van der Waals surface area contributed by atoms with Crippen molar-refractivity contribution in [3.8, 4) is 0 Å². The van der Waals surface area contributed by atoms with Crippen LogP contribution < -0.4 is 10.5 Å². The zero-order valence-electron chi connectivity index (χ0n) is 8.94. The second-order valence-electron chi connectivity index (χ2n) is 3.65. The molecule has 0 aliphatic carbocycles. The van der Waals surface area contributed by atoms with Gasteiger partial charge in [-0.2, -0.15) is 4.98 Å². The Kier molecular flexibility index (Phi) is 2.19. The number of aryl methyl sites for hydroxylation is 1. The summed E-state index contributed by atoms with van der Waals surface area (Å²) >= 11 is 0. The summed E-state index contributed by atoms with van der Waals surface area (Å²) in [5, 5.41) is 0.528. The molecule has 0 aliphatic rings. The van der Waals surface area contributed by atoms with Crippen LogP contribution in [-0.4, -0.2) is 19.1 Å². The summed E-state index contributed by atoms with van der Waals surface area (Å²) in [5.74, 6) is 0. The first-order valence-corrected chi connectivity index (χ1v) is 4.67. The van der Waals surface area contributed by atoms with Gasteiger partial charge in [-0.15, -0.1) is 0 Å². The zero-order valence-corrected chi connectivity index (χ0v) is 8.94. The maximum atomic E-state index is 11.7. The first-order valence-electron chi connectivity index (χ1n) is 4.67. The molecular formula is C11H12N2O2. The molecule has 0 N–H and O–H groups in total. The average molecular weight is 204 g/mol. The fourth-order valence-corrected chi connectivity index (χ4v) is 1.41. The number of aromatic nitrogens is 1. The van der Waals surface area contributed by atoms with Gasteiger partial charge in [0.15, 0.2) is 0 Å². The summed E-state index contributed by atoms with van der Waals surface area (Å²) in [7, 11) is 3.57. The summed E-state index contributed by atoms with van der Waals surface area (Å²) in [6.07, 6.45) is 0. The number of hydrogen-bond donors (Lipinski definition) is 0. The molecule has 0 fully saturated rings. The number of fused-ring (bicyclic) bond motifs is 1. The Balaban J connectivity index is 2.86. The average Bonchev–Trinajstić information content (AvgIpc) is 2.19. The van der Waals surface area contributed by atoms with E-state index in [1.165, 1.54) is 0 Å². The highest BCUT2D eigenvalue weighted by Gasteiger charge is 2.08. The molecule has 0 bridgehead atoms. The van der Waals surface area contributed by atoms with E-state index in [9.17, 15) is 4.79 Å². The first kappa shape index (κ1) is 9.71. The van der Waals surface area contributed by atoms with Crippen molar-refractivity contribution in [3.63, 3.8) is 0 Å². The summed E-state index contributed by atoms with van der Waals surface area (Å²) in [6.45, 7) is 1.91. The van der Waals surface area contributed by atoms with Gasteiger partial charge < -0.3 is 9.32 Å². The Labute approximate surface area is 87.2 Å². The molecule has 4 heteroatoms. The monoisotopic (exact) mass is 204 g/mol. The van der Waals surface area contributed by atoms with Crippen LogP contribution in [0.15, 0.2) is 27.4 Å². The van der Waals surface area contributed by atoms with Gasteiger partial charge in [0.05, 0.1) is 5.39 Å². The van der Waals surface area contributed by atoms with Crippen molar-refractivity contribution in [2.75, 3.05) is 19.0 Å². The molecule has 4 nitrogen and oxygen atoms in total. The van der Waals surface area contributed by atoms with Crippen LogP contribution in [0.4, 0.5) is 6.01 Å². The molecule has 0 radical (unpaired) electrons. The molecular weight excluding hydrogens is 192 g/mol. The van der Waals surface area contributed by atoms with Crippen molar-refractivity contribution in [3.05, 3.63) is 34.1 Å². The number of hydrogen-bond acceptors (Lipinski definition) is 4. The van der Waals surface area contributed by atoms with Crippen molar-refractivity contribution in [1.29, 1.82) is 0 Å². The third kappa shape index (κ3) is 1.58. The van der Waals surface area contributed by atoms with E-state index in [1.54, 1.807) is 25.1 Å². The van der Waals surface area contributed by atoms with Crippen molar-refractivity contribution < 1.29 is 4.42 Å². The minimum absolute atomic E-state index is 0.247. The van der Waals surface area contributed by atoms with Crippen molar-refractivity contribution in [1.82, 2.24) is 4.98 Å². The standard InChI is InChI=1S/C11H12N2O2/c1-7-5-4-6-8-9(7)15-11(13(2)3)12-10(8)14/h4-6H,1-3H3. The summed E-state index contributed by atoms with van der Waals surface area (Å²) < 4.78 is 5.55. The van der Waals surface area contributed by atoms with Crippen LogP contribution in [0.2, 0.25) is 0 Å². The van der Waals surface area contributed by atoms with E-state index in [-0.39, 0.29) is 5.56 Å². The number of rotatable bonds is 1. The van der Waals surface area contributed by atoms with Gasteiger partial charge in [-0.1, -0.05) is 12.1 Å². The van der Waals surface area contributed by atoms with Crippen LogP contribution in [0.25, 0.3) is 11.0 Å². The SMILES string of the molecule is Cc1cccc2c(=O)nc(N(C)C)oc12. The van der Waals surface area contributed by atoms with Crippen LogP contribution in [-0.2, 0) is 0 Å². The lowest BCUT2D eigenvalue weighted by atomic mass is 10.2. The van der Waals surface area contributed by atoms with Crippen molar-refractivity contribution in [2.45, 2.75) is 6.92 Å². The van der Waals surface area contributed by atoms with Crippen molar-refractivity contribution in [2.24, 2.45) is 0 Å². The predicted octanol–water partition coefficient (Wildman–Crippen LogP) is 1.56. The molecule has 0 amide bonds. The fraction of sp³-hybridized carbons (Fsp3) is 0.273. The van der Waals surface area contributed by atoms with Gasteiger partial charge in [-0.3, -0.25) is 4.79 Å². The molecule has 1 heterocycles. The van der Waals surface area contributed by atoms with Crippen molar-refractivity contribution >= 4 is 17.0 Å². The minimum atomic E-state index is -0.247. The lowest BCUT2D eigenvalue weighted by molar-refractivity contribution is 0.570. The predicted molar refractivity (Wildman–Crippen MR) is 59.3 cm³/mol. The summed E-state index contributed by atoms with van der Waals surface area (Å²) in [5.41, 5.74) is 1.31. The highest BCUT2D eigenvalue weighted by molar-refractivity contribution is 5.79. The van der Waals surface area contributed by atoms with Gasteiger partial charge in [-0.05, 0) is 18.6 Å². The van der Waals surface area contributed by atoms with Gasteiger partial charge in [-0.25, -0.2) is 0 Å². The second kappa shape index (κ2) is 3.38. The summed E-state index contributed by atoms with van der Waals surface area (Å²) in [6, 6.07) is 5.79. The maximum absolute atomic E-state index is 11.7. The number of anilines is 1. The second-order valence-corrected chi connectivity index (χ2v) is 3.65. The smallest absolute Gasteiger partial charge is 0.300 e. The highest BCUT2D eigenvalue weighted by Crippen LogP contribution is 2.18. The molecule has 0 spiro atoms. The molecule has 1 aromatic carbocycles. The van der Waals surface area contributed by atoms with Gasteiger partial charge in [0, 0.05) is 14.1 Å². The summed E-state index contributed by atoms with van der Waals surface area (Å²) in [4.78, 5) is 17.2. The molecule has 0 unspecified atom stereocenters. The van der Waals surface area contributed by atoms with Crippen LogP contribution in [0.3, 0.4) is 0 Å². The van der Waals surface area contributed by atoms with Gasteiger partial charge in [0.2, 0.25) is 0 Å². The maximum Gasteiger partial charge on any atom is 0.300 e. The van der Waals surface area contributed by atoms with Gasteiger partial charge in [0.1, 0.15) is 5.58 Å². The Morgan fingerprint density at radius 1 is 1.33 bits per heavy atom. The quantitative estimate of drug-likeness (QED) is 0.707. The van der Waals surface area contributed by atoms with Gasteiger partial charge >= 0.3 is 6.01 Å². The molecule has 0 saturated heterocycles. The molecule has 78 valence electrons. The van der Waals surface area contributed by atoms with E-state index in [1.807, 2.05) is 19.1 Å². The molecule has 0 aliphatic heterocycles. The van der Waals surface area contributed by atoms with E-state index in [0.29, 0.717) is 17.0 Å². The van der Waals surface area contributed by atoms with Gasteiger partial charge in [0.25, 0.3) is 5.56 Å². The van der Waals surface area contributed by atoms with E-state index in [0.717, 1.165) is 5.56 Å².